The number of hydrogen-bond acceptors (Lipinski definition) is 3. The van der Waals surface area contributed by atoms with Gasteiger partial charge in [-0.1, -0.05) is 38.1 Å². The highest BCUT2D eigenvalue weighted by Crippen LogP contribution is 2.51. The van der Waals surface area contributed by atoms with Crippen LogP contribution in [-0.2, 0) is 17.9 Å². The molecule has 0 amide bonds. The Morgan fingerprint density at radius 1 is 1.35 bits per heavy atom. The lowest BCUT2D eigenvalue weighted by molar-refractivity contribution is -0.192. The fourth-order valence-corrected chi connectivity index (χ4v) is 4.00. The molecular weight excluding hydrogens is 250 g/mol. The zero-order chi connectivity index (χ0) is 14.2. The monoisotopic (exact) mass is 275 g/mol. The summed E-state index contributed by atoms with van der Waals surface area (Å²) in [6.07, 6.45) is 2.90. The number of rotatable bonds is 4. The average Bonchev–Trinajstić information content (AvgIpc) is 2.47. The smallest absolute Gasteiger partial charge is 0.0684 e. The van der Waals surface area contributed by atoms with Crippen molar-refractivity contribution in [3.05, 3.63) is 35.4 Å². The molecule has 1 aromatic carbocycles. The molecule has 0 aromatic heterocycles. The fourth-order valence-electron chi connectivity index (χ4n) is 4.00. The van der Waals surface area contributed by atoms with Crippen LogP contribution in [0.25, 0.3) is 0 Å². The Kier molecular flexibility index (Phi) is 3.85. The zero-order valence-electron chi connectivity index (χ0n) is 12.4. The van der Waals surface area contributed by atoms with Crippen LogP contribution in [-0.4, -0.2) is 23.9 Å². The van der Waals surface area contributed by atoms with E-state index < -0.39 is 0 Å². The Balaban J connectivity index is 1.63. The molecule has 0 spiro atoms. The number of ether oxygens (including phenoxy) is 1. The van der Waals surface area contributed by atoms with Gasteiger partial charge in [0, 0.05) is 30.5 Å². The molecule has 1 aliphatic carbocycles. The van der Waals surface area contributed by atoms with Gasteiger partial charge in [-0.25, -0.2) is 0 Å². The molecule has 2 fully saturated rings. The Morgan fingerprint density at radius 3 is 2.95 bits per heavy atom. The van der Waals surface area contributed by atoms with Gasteiger partial charge in [-0.3, -0.25) is 0 Å². The van der Waals surface area contributed by atoms with Crippen LogP contribution in [0, 0.1) is 11.3 Å². The standard InChI is InChI=1S/C17H25NO2/c1-17(2)15(14-7-4-8-20-16(14)17)18-10-12-5-3-6-13(9-12)11-19/h3,5-6,9,14-16,18-19H,4,7-8,10-11H2,1-2H3. The highest BCUT2D eigenvalue weighted by atomic mass is 16.5. The first-order chi connectivity index (χ1) is 9.63. The van der Waals surface area contributed by atoms with Gasteiger partial charge >= 0.3 is 0 Å². The third kappa shape index (κ3) is 2.39. The number of fused-ring (bicyclic) bond motifs is 1. The van der Waals surface area contributed by atoms with Crippen molar-refractivity contribution in [2.45, 2.75) is 52.0 Å². The van der Waals surface area contributed by atoms with E-state index in [1.807, 2.05) is 12.1 Å². The van der Waals surface area contributed by atoms with E-state index >= 15 is 0 Å². The third-order valence-electron chi connectivity index (χ3n) is 5.03. The lowest BCUT2D eigenvalue weighted by Crippen LogP contribution is -2.69. The van der Waals surface area contributed by atoms with Crippen LogP contribution in [0.15, 0.2) is 24.3 Å². The molecule has 2 aliphatic rings. The molecule has 3 unspecified atom stereocenters. The number of benzene rings is 1. The molecular formula is C17H25NO2. The Hall–Kier alpha value is -0.900. The van der Waals surface area contributed by atoms with Crippen molar-refractivity contribution in [3.8, 4) is 0 Å². The van der Waals surface area contributed by atoms with Gasteiger partial charge in [-0.15, -0.1) is 0 Å². The molecule has 20 heavy (non-hydrogen) atoms. The van der Waals surface area contributed by atoms with E-state index in [2.05, 4.69) is 31.3 Å². The van der Waals surface area contributed by atoms with E-state index in [0.717, 1.165) is 18.7 Å². The Morgan fingerprint density at radius 2 is 2.15 bits per heavy atom. The first-order valence-electron chi connectivity index (χ1n) is 7.66. The predicted molar refractivity (Wildman–Crippen MR) is 79.2 cm³/mol. The second-order valence-electron chi connectivity index (χ2n) is 6.76. The first-order valence-corrected chi connectivity index (χ1v) is 7.66. The summed E-state index contributed by atoms with van der Waals surface area (Å²) in [7, 11) is 0. The molecule has 0 radical (unpaired) electrons. The second kappa shape index (κ2) is 5.47. The SMILES string of the molecule is CC1(C)C(NCc2cccc(CO)c2)C2CCCOC21. The van der Waals surface area contributed by atoms with Crippen LogP contribution < -0.4 is 5.32 Å². The summed E-state index contributed by atoms with van der Waals surface area (Å²) in [6.45, 7) is 6.52. The maximum absolute atomic E-state index is 9.20. The van der Waals surface area contributed by atoms with Crippen LogP contribution in [0.5, 0.6) is 0 Å². The summed E-state index contributed by atoms with van der Waals surface area (Å²) in [4.78, 5) is 0. The number of aliphatic hydroxyl groups excluding tert-OH is 1. The molecule has 1 saturated carbocycles. The van der Waals surface area contributed by atoms with Crippen LogP contribution >= 0.6 is 0 Å². The van der Waals surface area contributed by atoms with Gasteiger partial charge in [0.05, 0.1) is 12.7 Å². The lowest BCUT2D eigenvalue weighted by atomic mass is 9.55. The summed E-state index contributed by atoms with van der Waals surface area (Å²) >= 11 is 0. The number of nitrogens with one attached hydrogen (secondary N) is 1. The van der Waals surface area contributed by atoms with Gasteiger partial charge in [0.25, 0.3) is 0 Å². The topological polar surface area (TPSA) is 41.5 Å². The highest BCUT2D eigenvalue weighted by molar-refractivity contribution is 5.23. The van der Waals surface area contributed by atoms with Gasteiger partial charge in [0.1, 0.15) is 0 Å². The van der Waals surface area contributed by atoms with E-state index in [1.165, 1.54) is 18.4 Å². The van der Waals surface area contributed by atoms with E-state index in [0.29, 0.717) is 18.1 Å². The highest BCUT2D eigenvalue weighted by Gasteiger charge is 2.57. The van der Waals surface area contributed by atoms with Crippen molar-refractivity contribution in [1.82, 2.24) is 5.32 Å². The predicted octanol–water partition coefficient (Wildman–Crippen LogP) is 2.47. The van der Waals surface area contributed by atoms with Crippen LogP contribution in [0.4, 0.5) is 0 Å². The second-order valence-corrected chi connectivity index (χ2v) is 6.76. The zero-order valence-corrected chi connectivity index (χ0v) is 12.4. The van der Waals surface area contributed by atoms with E-state index in [-0.39, 0.29) is 12.0 Å². The van der Waals surface area contributed by atoms with Gasteiger partial charge in [-0.2, -0.15) is 0 Å². The normalized spacial score (nSPS) is 31.4. The Bertz CT molecular complexity index is 472. The molecule has 3 atom stereocenters. The summed E-state index contributed by atoms with van der Waals surface area (Å²) < 4.78 is 5.94. The van der Waals surface area contributed by atoms with Gasteiger partial charge in [0.2, 0.25) is 0 Å². The van der Waals surface area contributed by atoms with Gasteiger partial charge in [-0.05, 0) is 24.0 Å². The largest absolute Gasteiger partial charge is 0.392 e. The molecule has 1 heterocycles. The fraction of sp³-hybridized carbons (Fsp3) is 0.647. The minimum atomic E-state index is 0.112. The van der Waals surface area contributed by atoms with Crippen LogP contribution in [0.1, 0.15) is 37.8 Å². The van der Waals surface area contributed by atoms with Crippen molar-refractivity contribution < 1.29 is 9.84 Å². The molecule has 2 N–H and O–H groups in total. The summed E-state index contributed by atoms with van der Waals surface area (Å²) in [5.74, 6) is 0.666. The van der Waals surface area contributed by atoms with E-state index in [4.69, 9.17) is 4.74 Å². The molecule has 3 heteroatoms. The first kappa shape index (κ1) is 14.1. The molecule has 3 rings (SSSR count). The van der Waals surface area contributed by atoms with Crippen molar-refractivity contribution in [2.75, 3.05) is 6.61 Å². The molecule has 110 valence electrons. The molecule has 1 saturated heterocycles. The minimum absolute atomic E-state index is 0.112. The molecule has 1 aliphatic heterocycles. The van der Waals surface area contributed by atoms with Crippen molar-refractivity contribution >= 4 is 0 Å². The van der Waals surface area contributed by atoms with Gasteiger partial charge < -0.3 is 15.2 Å². The van der Waals surface area contributed by atoms with Gasteiger partial charge in [0.15, 0.2) is 0 Å². The maximum atomic E-state index is 9.20. The summed E-state index contributed by atoms with van der Waals surface area (Å²) in [5.41, 5.74) is 2.45. The van der Waals surface area contributed by atoms with Crippen LogP contribution in [0.3, 0.4) is 0 Å². The number of aliphatic hydroxyl groups is 1. The minimum Gasteiger partial charge on any atom is -0.392 e. The number of hydrogen-bond donors (Lipinski definition) is 2. The van der Waals surface area contributed by atoms with Crippen LogP contribution in [0.2, 0.25) is 0 Å². The van der Waals surface area contributed by atoms with E-state index in [9.17, 15) is 5.11 Å². The summed E-state index contributed by atoms with van der Waals surface area (Å²) in [6, 6.07) is 8.70. The third-order valence-corrected chi connectivity index (χ3v) is 5.03. The molecule has 0 bridgehead atoms. The van der Waals surface area contributed by atoms with Crippen molar-refractivity contribution in [2.24, 2.45) is 11.3 Å². The quantitative estimate of drug-likeness (QED) is 0.887. The summed E-state index contributed by atoms with van der Waals surface area (Å²) in [5, 5.41) is 12.9. The van der Waals surface area contributed by atoms with Crippen molar-refractivity contribution in [1.29, 1.82) is 0 Å². The average molecular weight is 275 g/mol. The molecule has 3 nitrogen and oxygen atoms in total. The van der Waals surface area contributed by atoms with E-state index in [1.54, 1.807) is 0 Å². The lowest BCUT2D eigenvalue weighted by Gasteiger charge is -2.60. The maximum Gasteiger partial charge on any atom is 0.0684 e. The molecule has 1 aromatic rings. The Labute approximate surface area is 121 Å². The van der Waals surface area contributed by atoms with Crippen molar-refractivity contribution in [3.63, 3.8) is 0 Å².